The SMILES string of the molecule is CN(C(=O)CCNc1ccc(C(F)(F)F)cc1[N+](=O)[O-])C1CCS(=O)(=O)C1. The van der Waals surface area contributed by atoms with Crippen LogP contribution in [0.3, 0.4) is 0 Å². The molecule has 1 saturated heterocycles. The van der Waals surface area contributed by atoms with Gasteiger partial charge in [0.25, 0.3) is 5.69 Å². The van der Waals surface area contributed by atoms with Crippen molar-refractivity contribution in [1.82, 2.24) is 4.90 Å². The molecule has 1 unspecified atom stereocenters. The fourth-order valence-electron chi connectivity index (χ4n) is 2.77. The number of nitrogens with one attached hydrogen (secondary N) is 1. The molecule has 0 aromatic heterocycles. The van der Waals surface area contributed by atoms with E-state index in [4.69, 9.17) is 0 Å². The summed E-state index contributed by atoms with van der Waals surface area (Å²) in [6.45, 7) is -0.0468. The summed E-state index contributed by atoms with van der Waals surface area (Å²) >= 11 is 0. The summed E-state index contributed by atoms with van der Waals surface area (Å²) in [5, 5.41) is 13.6. The molecular weight excluding hydrogens is 391 g/mol. The van der Waals surface area contributed by atoms with Crippen LogP contribution in [0.5, 0.6) is 0 Å². The highest BCUT2D eigenvalue weighted by atomic mass is 32.2. The molecule has 1 N–H and O–H groups in total. The minimum atomic E-state index is -4.70. The number of alkyl halides is 3. The highest BCUT2D eigenvalue weighted by Crippen LogP contribution is 2.34. The van der Waals surface area contributed by atoms with Crippen LogP contribution >= 0.6 is 0 Å². The van der Waals surface area contributed by atoms with Crippen molar-refractivity contribution in [3.8, 4) is 0 Å². The zero-order valence-electron chi connectivity index (χ0n) is 14.3. The van der Waals surface area contributed by atoms with Gasteiger partial charge in [-0.25, -0.2) is 8.42 Å². The first kappa shape index (κ1) is 20.9. The number of carbonyl (C=O) groups excluding carboxylic acids is 1. The summed E-state index contributed by atoms with van der Waals surface area (Å²) in [6.07, 6.45) is -4.45. The molecule has 1 aliphatic rings. The molecule has 150 valence electrons. The lowest BCUT2D eigenvalue weighted by Gasteiger charge is -2.23. The quantitative estimate of drug-likeness (QED) is 0.569. The molecule has 1 aromatic rings. The number of halogens is 3. The highest BCUT2D eigenvalue weighted by molar-refractivity contribution is 7.91. The predicted octanol–water partition coefficient (Wildman–Crippen LogP) is 2.06. The van der Waals surface area contributed by atoms with Crippen LogP contribution < -0.4 is 5.32 Å². The molecule has 1 amide bonds. The molecular formula is C15H18F3N3O5S. The van der Waals surface area contributed by atoms with Gasteiger partial charge < -0.3 is 10.2 Å². The Bertz CT molecular complexity index is 842. The first-order chi connectivity index (χ1) is 12.4. The average Bonchev–Trinajstić information content (AvgIpc) is 2.93. The lowest BCUT2D eigenvalue weighted by molar-refractivity contribution is -0.384. The lowest BCUT2D eigenvalue weighted by Crippen LogP contribution is -2.38. The third-order valence-electron chi connectivity index (χ3n) is 4.33. The fraction of sp³-hybridized carbons (Fsp3) is 0.533. The zero-order valence-corrected chi connectivity index (χ0v) is 15.1. The summed E-state index contributed by atoms with van der Waals surface area (Å²) in [7, 11) is -1.66. The van der Waals surface area contributed by atoms with Crippen LogP contribution in [-0.2, 0) is 20.8 Å². The van der Waals surface area contributed by atoms with Gasteiger partial charge in [-0.1, -0.05) is 0 Å². The van der Waals surface area contributed by atoms with E-state index < -0.39 is 38.2 Å². The Kier molecular flexibility index (Phi) is 5.97. The van der Waals surface area contributed by atoms with Crippen LogP contribution in [0.2, 0.25) is 0 Å². The Morgan fingerprint density at radius 2 is 2.07 bits per heavy atom. The van der Waals surface area contributed by atoms with Crippen molar-refractivity contribution in [3.63, 3.8) is 0 Å². The maximum atomic E-state index is 12.7. The van der Waals surface area contributed by atoms with Gasteiger partial charge in [0, 0.05) is 32.1 Å². The van der Waals surface area contributed by atoms with Gasteiger partial charge >= 0.3 is 6.18 Å². The molecule has 8 nitrogen and oxygen atoms in total. The van der Waals surface area contributed by atoms with E-state index in [0.717, 1.165) is 6.07 Å². The number of nitro groups is 1. The number of benzene rings is 1. The van der Waals surface area contributed by atoms with Crippen LogP contribution in [0.15, 0.2) is 18.2 Å². The number of nitrogens with zero attached hydrogens (tertiary/aromatic N) is 2. The number of carbonyl (C=O) groups is 1. The van der Waals surface area contributed by atoms with Crippen LogP contribution in [-0.4, -0.2) is 55.3 Å². The second-order valence-electron chi connectivity index (χ2n) is 6.23. The Morgan fingerprint density at radius 3 is 2.59 bits per heavy atom. The molecule has 0 saturated carbocycles. The van der Waals surface area contributed by atoms with Crippen molar-refractivity contribution in [2.75, 3.05) is 30.4 Å². The molecule has 1 heterocycles. The first-order valence-corrected chi connectivity index (χ1v) is 9.78. The van der Waals surface area contributed by atoms with Crippen molar-refractivity contribution in [2.45, 2.75) is 25.1 Å². The zero-order chi connectivity index (χ0) is 20.4. The van der Waals surface area contributed by atoms with Crippen molar-refractivity contribution in [1.29, 1.82) is 0 Å². The molecule has 2 rings (SSSR count). The van der Waals surface area contributed by atoms with Gasteiger partial charge in [0.2, 0.25) is 5.91 Å². The third-order valence-corrected chi connectivity index (χ3v) is 6.08. The molecule has 0 radical (unpaired) electrons. The molecule has 1 aliphatic heterocycles. The number of hydrogen-bond donors (Lipinski definition) is 1. The van der Waals surface area contributed by atoms with Gasteiger partial charge in [-0.2, -0.15) is 13.2 Å². The van der Waals surface area contributed by atoms with E-state index in [9.17, 15) is 36.5 Å². The minimum Gasteiger partial charge on any atom is -0.379 e. The second kappa shape index (κ2) is 7.71. The smallest absolute Gasteiger partial charge is 0.379 e. The van der Waals surface area contributed by atoms with E-state index >= 15 is 0 Å². The molecule has 27 heavy (non-hydrogen) atoms. The minimum absolute atomic E-state index is 0.0191. The Morgan fingerprint density at radius 1 is 1.41 bits per heavy atom. The normalized spacial score (nSPS) is 18.9. The van der Waals surface area contributed by atoms with Gasteiger partial charge in [-0.05, 0) is 18.6 Å². The van der Waals surface area contributed by atoms with Crippen molar-refractivity contribution in [2.24, 2.45) is 0 Å². The number of amides is 1. The molecule has 0 spiro atoms. The molecule has 0 bridgehead atoms. The van der Waals surface area contributed by atoms with Crippen LogP contribution in [0, 0.1) is 10.1 Å². The maximum absolute atomic E-state index is 12.7. The molecule has 1 aromatic carbocycles. The lowest BCUT2D eigenvalue weighted by atomic mass is 10.1. The Hall–Kier alpha value is -2.37. The summed E-state index contributed by atoms with van der Waals surface area (Å²) in [6, 6.07) is 1.67. The van der Waals surface area contributed by atoms with Gasteiger partial charge in [-0.15, -0.1) is 0 Å². The number of sulfone groups is 1. The molecule has 1 fully saturated rings. The topological polar surface area (TPSA) is 110 Å². The standard InChI is InChI=1S/C15H18F3N3O5S/c1-20(11-5-7-27(25,26)9-11)14(22)4-6-19-12-3-2-10(15(16,17)18)8-13(12)21(23)24/h2-3,8,11,19H,4-7,9H2,1H3. The molecule has 0 aliphatic carbocycles. The van der Waals surface area contributed by atoms with Gasteiger partial charge in [0.05, 0.1) is 22.0 Å². The fourth-order valence-corrected chi connectivity index (χ4v) is 4.55. The molecule has 12 heteroatoms. The highest BCUT2D eigenvalue weighted by Gasteiger charge is 2.34. The van der Waals surface area contributed by atoms with Crippen molar-refractivity contribution >= 4 is 27.1 Å². The largest absolute Gasteiger partial charge is 0.416 e. The van der Waals surface area contributed by atoms with E-state index in [-0.39, 0.29) is 36.1 Å². The maximum Gasteiger partial charge on any atom is 0.416 e. The number of anilines is 1. The average molecular weight is 409 g/mol. The van der Waals surface area contributed by atoms with E-state index in [1.165, 1.54) is 11.9 Å². The van der Waals surface area contributed by atoms with E-state index in [0.29, 0.717) is 18.6 Å². The van der Waals surface area contributed by atoms with Crippen LogP contribution in [0.1, 0.15) is 18.4 Å². The Balaban J connectivity index is 1.98. The molecule has 1 atom stereocenters. The number of rotatable bonds is 6. The third kappa shape index (κ3) is 5.31. The number of hydrogen-bond acceptors (Lipinski definition) is 6. The van der Waals surface area contributed by atoms with Gasteiger partial charge in [0.15, 0.2) is 9.84 Å². The second-order valence-corrected chi connectivity index (χ2v) is 8.45. The van der Waals surface area contributed by atoms with Crippen LogP contribution in [0.4, 0.5) is 24.5 Å². The summed E-state index contributed by atoms with van der Waals surface area (Å²) in [5.41, 5.74) is -2.02. The van der Waals surface area contributed by atoms with E-state index in [1.807, 2.05) is 0 Å². The first-order valence-electron chi connectivity index (χ1n) is 7.96. The predicted molar refractivity (Wildman–Crippen MR) is 91.0 cm³/mol. The number of nitro benzene ring substituents is 1. The van der Waals surface area contributed by atoms with Crippen molar-refractivity contribution in [3.05, 3.63) is 33.9 Å². The monoisotopic (exact) mass is 409 g/mol. The van der Waals surface area contributed by atoms with E-state index in [2.05, 4.69) is 5.32 Å². The summed E-state index contributed by atoms with van der Waals surface area (Å²) < 4.78 is 61.0. The van der Waals surface area contributed by atoms with Crippen molar-refractivity contribution < 1.29 is 31.3 Å². The van der Waals surface area contributed by atoms with Crippen LogP contribution in [0.25, 0.3) is 0 Å². The summed E-state index contributed by atoms with van der Waals surface area (Å²) in [5.74, 6) is -0.447. The van der Waals surface area contributed by atoms with E-state index in [1.54, 1.807) is 0 Å². The van der Waals surface area contributed by atoms with Gasteiger partial charge in [0.1, 0.15) is 5.69 Å². The summed E-state index contributed by atoms with van der Waals surface area (Å²) in [4.78, 5) is 23.5. The van der Waals surface area contributed by atoms with Gasteiger partial charge in [-0.3, -0.25) is 14.9 Å². The Labute approximate surface area is 153 Å².